The van der Waals surface area contributed by atoms with Crippen LogP contribution in [0.5, 0.6) is 0 Å². The number of hydrogen-bond acceptors (Lipinski definition) is 5. The van der Waals surface area contributed by atoms with Gasteiger partial charge < -0.3 is 10.2 Å². The van der Waals surface area contributed by atoms with Crippen molar-refractivity contribution in [2.24, 2.45) is 5.92 Å². The molecule has 3 heterocycles. The average molecular weight is 472 g/mol. The van der Waals surface area contributed by atoms with Gasteiger partial charge in [-0.2, -0.15) is 9.78 Å². The van der Waals surface area contributed by atoms with Gasteiger partial charge in [0.05, 0.1) is 17.3 Å². The molecular weight excluding hydrogens is 446 g/mol. The minimum Gasteiger partial charge on any atom is -0.311 e. The number of rotatable bonds is 5. The number of thiazole rings is 1. The molecule has 0 bridgehead atoms. The van der Waals surface area contributed by atoms with Crippen molar-refractivity contribution in [3.63, 3.8) is 0 Å². The molecule has 34 heavy (non-hydrogen) atoms. The van der Waals surface area contributed by atoms with Gasteiger partial charge in [-0.3, -0.25) is 9.59 Å². The van der Waals surface area contributed by atoms with Crippen LogP contribution in [0.25, 0.3) is 16.4 Å². The largest absolute Gasteiger partial charge is 0.311 e. The molecule has 2 aromatic heterocycles. The Morgan fingerprint density at radius 2 is 1.85 bits per heavy atom. The molecule has 0 spiro atoms. The number of hydrogen-bond donors (Lipinski definition) is 1. The predicted octanol–water partition coefficient (Wildman–Crippen LogP) is 4.91. The van der Waals surface area contributed by atoms with Crippen molar-refractivity contribution < 1.29 is 9.59 Å². The van der Waals surface area contributed by atoms with Crippen LogP contribution in [0.15, 0.2) is 60.0 Å². The molecule has 1 aliphatic heterocycles. The number of nitrogens with zero attached hydrogens (tertiary/aromatic N) is 4. The third-order valence-electron chi connectivity index (χ3n) is 6.01. The van der Waals surface area contributed by atoms with Crippen molar-refractivity contribution in [2.75, 3.05) is 16.8 Å². The number of nitrogens with one attached hydrogen (secondary N) is 1. The summed E-state index contributed by atoms with van der Waals surface area (Å²) in [5.41, 5.74) is 5.72. The molecule has 0 unspecified atom stereocenters. The second-order valence-electron chi connectivity index (χ2n) is 8.65. The number of carbonyl (C=O) groups is 2. The first-order valence-electron chi connectivity index (χ1n) is 11.2. The van der Waals surface area contributed by atoms with Crippen LogP contribution in [0.2, 0.25) is 0 Å². The molecular formula is C26H25N5O2S. The highest BCUT2D eigenvalue weighted by Gasteiger charge is 2.36. The minimum atomic E-state index is -0.435. The second kappa shape index (κ2) is 8.87. The van der Waals surface area contributed by atoms with E-state index in [1.165, 1.54) is 16.9 Å². The molecule has 1 fully saturated rings. The normalized spacial score (nSPS) is 15.7. The number of anilines is 2. The highest BCUT2D eigenvalue weighted by molar-refractivity contribution is 7.12. The fourth-order valence-corrected chi connectivity index (χ4v) is 4.96. The summed E-state index contributed by atoms with van der Waals surface area (Å²) in [6.45, 7) is 6.25. The van der Waals surface area contributed by atoms with Crippen LogP contribution in [0, 0.1) is 26.7 Å². The SMILES string of the molecule is Cc1ccc(-c2csc(-n3nc(C)cc3NC(=O)[C@@H]3CC(=O)N(c4ccccc4C)C3)n2)cc1. The van der Waals surface area contributed by atoms with Gasteiger partial charge in [0.25, 0.3) is 0 Å². The fraction of sp³-hybridized carbons (Fsp3) is 0.231. The van der Waals surface area contributed by atoms with Crippen molar-refractivity contribution in [3.8, 4) is 16.4 Å². The summed E-state index contributed by atoms with van der Waals surface area (Å²) in [6, 6.07) is 17.8. The summed E-state index contributed by atoms with van der Waals surface area (Å²) in [5, 5.41) is 10.2. The van der Waals surface area contributed by atoms with Crippen LogP contribution in [-0.4, -0.2) is 33.1 Å². The van der Waals surface area contributed by atoms with E-state index in [0.717, 1.165) is 28.2 Å². The molecule has 4 aromatic rings. The van der Waals surface area contributed by atoms with Gasteiger partial charge in [0.15, 0.2) is 0 Å². The van der Waals surface area contributed by atoms with E-state index in [1.54, 1.807) is 9.58 Å². The van der Waals surface area contributed by atoms with Crippen LogP contribution in [0.3, 0.4) is 0 Å². The third kappa shape index (κ3) is 4.24. The predicted molar refractivity (Wildman–Crippen MR) is 134 cm³/mol. The van der Waals surface area contributed by atoms with Gasteiger partial charge in [0.2, 0.25) is 16.9 Å². The zero-order valence-corrected chi connectivity index (χ0v) is 20.1. The Morgan fingerprint density at radius 1 is 1.09 bits per heavy atom. The fourth-order valence-electron chi connectivity index (χ4n) is 4.16. The van der Waals surface area contributed by atoms with Crippen molar-refractivity contribution >= 4 is 34.7 Å². The van der Waals surface area contributed by atoms with E-state index in [4.69, 9.17) is 4.98 Å². The van der Waals surface area contributed by atoms with Crippen LogP contribution in [0.4, 0.5) is 11.5 Å². The maximum atomic E-state index is 13.1. The smallest absolute Gasteiger partial charge is 0.230 e. The van der Waals surface area contributed by atoms with Crippen molar-refractivity contribution in [1.29, 1.82) is 0 Å². The zero-order valence-electron chi connectivity index (χ0n) is 19.3. The monoisotopic (exact) mass is 471 g/mol. The average Bonchev–Trinajstić information content (AvgIpc) is 3.53. The van der Waals surface area contributed by atoms with E-state index in [2.05, 4.69) is 29.5 Å². The molecule has 1 aliphatic rings. The molecule has 7 nitrogen and oxygen atoms in total. The lowest BCUT2D eigenvalue weighted by atomic mass is 10.1. The quantitative estimate of drug-likeness (QED) is 0.448. The number of amides is 2. The number of benzene rings is 2. The zero-order chi connectivity index (χ0) is 23.8. The Labute approximate surface area is 202 Å². The molecule has 1 saturated heterocycles. The molecule has 172 valence electrons. The van der Waals surface area contributed by atoms with Gasteiger partial charge in [-0.15, -0.1) is 11.3 Å². The van der Waals surface area contributed by atoms with E-state index in [-0.39, 0.29) is 18.2 Å². The molecule has 1 atom stereocenters. The topological polar surface area (TPSA) is 80.1 Å². The van der Waals surface area contributed by atoms with Gasteiger partial charge >= 0.3 is 0 Å². The lowest BCUT2D eigenvalue weighted by Gasteiger charge is -2.19. The maximum absolute atomic E-state index is 13.1. The minimum absolute atomic E-state index is 0.0400. The summed E-state index contributed by atoms with van der Waals surface area (Å²) in [5.74, 6) is -0.119. The van der Waals surface area contributed by atoms with Gasteiger partial charge in [0.1, 0.15) is 5.82 Å². The molecule has 0 aliphatic carbocycles. The molecule has 8 heteroatoms. The lowest BCUT2D eigenvalue weighted by molar-refractivity contribution is -0.122. The number of aryl methyl sites for hydroxylation is 3. The van der Waals surface area contributed by atoms with Crippen LogP contribution in [0.1, 0.15) is 23.2 Å². The molecule has 0 radical (unpaired) electrons. The Balaban J connectivity index is 1.35. The second-order valence-corrected chi connectivity index (χ2v) is 9.48. The first kappa shape index (κ1) is 22.0. The highest BCUT2D eigenvalue weighted by atomic mass is 32.1. The van der Waals surface area contributed by atoms with Gasteiger partial charge in [-0.1, -0.05) is 48.0 Å². The van der Waals surface area contributed by atoms with E-state index in [9.17, 15) is 9.59 Å². The first-order chi connectivity index (χ1) is 16.4. The molecule has 0 saturated carbocycles. The highest BCUT2D eigenvalue weighted by Crippen LogP contribution is 2.30. The van der Waals surface area contributed by atoms with Crippen LogP contribution in [-0.2, 0) is 9.59 Å². The summed E-state index contributed by atoms with van der Waals surface area (Å²) in [6.07, 6.45) is 0.183. The Bertz CT molecular complexity index is 1370. The Morgan fingerprint density at radius 3 is 2.62 bits per heavy atom. The van der Waals surface area contributed by atoms with Crippen molar-refractivity contribution in [3.05, 3.63) is 76.8 Å². The Kier molecular flexibility index (Phi) is 5.75. The number of carbonyl (C=O) groups excluding carboxylic acids is 2. The van der Waals surface area contributed by atoms with E-state index in [0.29, 0.717) is 17.5 Å². The van der Waals surface area contributed by atoms with E-state index < -0.39 is 5.92 Å². The maximum Gasteiger partial charge on any atom is 0.230 e. The van der Waals surface area contributed by atoms with Gasteiger partial charge in [-0.05, 0) is 32.4 Å². The van der Waals surface area contributed by atoms with Crippen molar-refractivity contribution in [2.45, 2.75) is 27.2 Å². The van der Waals surface area contributed by atoms with Gasteiger partial charge in [0, 0.05) is 35.7 Å². The standard InChI is InChI=1S/C26H25N5O2S/c1-16-8-10-19(11-9-16)21-15-34-26(27-21)31-23(12-18(3)29-31)28-25(33)20-13-24(32)30(14-20)22-7-5-4-6-17(22)2/h4-12,15,20H,13-14H2,1-3H3,(H,28,33)/t20-/m1/s1. The van der Waals surface area contributed by atoms with Crippen molar-refractivity contribution in [1.82, 2.24) is 14.8 Å². The molecule has 5 rings (SSSR count). The summed E-state index contributed by atoms with van der Waals surface area (Å²) in [4.78, 5) is 32.2. The lowest BCUT2D eigenvalue weighted by Crippen LogP contribution is -2.29. The van der Waals surface area contributed by atoms with E-state index >= 15 is 0 Å². The van der Waals surface area contributed by atoms with E-state index in [1.807, 2.05) is 61.7 Å². The first-order valence-corrected chi connectivity index (χ1v) is 12.0. The van der Waals surface area contributed by atoms with Crippen LogP contribution >= 0.6 is 11.3 Å². The molecule has 1 N–H and O–H groups in total. The summed E-state index contributed by atoms with van der Waals surface area (Å²) in [7, 11) is 0. The Hall–Kier alpha value is -3.78. The molecule has 2 aromatic carbocycles. The summed E-state index contributed by atoms with van der Waals surface area (Å²) >= 11 is 1.46. The number of para-hydroxylation sites is 1. The van der Waals surface area contributed by atoms with Gasteiger partial charge in [-0.25, -0.2) is 4.98 Å². The van der Waals surface area contributed by atoms with Crippen LogP contribution < -0.4 is 10.2 Å². The summed E-state index contributed by atoms with van der Waals surface area (Å²) < 4.78 is 1.66. The number of aromatic nitrogens is 3. The molecule has 2 amide bonds. The third-order valence-corrected chi connectivity index (χ3v) is 6.82.